The van der Waals surface area contributed by atoms with Crippen molar-refractivity contribution in [3.63, 3.8) is 0 Å². The van der Waals surface area contributed by atoms with Gasteiger partial charge in [0, 0.05) is 0 Å². The Morgan fingerprint density at radius 1 is 1.67 bits per heavy atom. The zero-order valence-corrected chi connectivity index (χ0v) is 6.00. The molecule has 0 aromatic carbocycles. The molecular formula is C6H14N2O. The number of nitrogens with two attached hydrogens (primary N) is 1. The van der Waals surface area contributed by atoms with Crippen molar-refractivity contribution in [1.82, 2.24) is 4.90 Å². The van der Waals surface area contributed by atoms with Crippen molar-refractivity contribution in [1.29, 1.82) is 0 Å². The molecule has 0 saturated heterocycles. The van der Waals surface area contributed by atoms with Crippen molar-refractivity contribution < 1.29 is 4.79 Å². The summed E-state index contributed by atoms with van der Waals surface area (Å²) in [5.74, 6) is 0. The van der Waals surface area contributed by atoms with Gasteiger partial charge in [-0.1, -0.05) is 0 Å². The zero-order chi connectivity index (χ0) is 7.28. The largest absolute Gasteiger partial charge is 0.322 e. The molecule has 9 heavy (non-hydrogen) atoms. The van der Waals surface area contributed by atoms with Crippen LogP contribution in [0.15, 0.2) is 0 Å². The summed E-state index contributed by atoms with van der Waals surface area (Å²) in [5, 5.41) is 0. The first kappa shape index (κ1) is 8.59. The maximum atomic E-state index is 9.97. The van der Waals surface area contributed by atoms with Crippen LogP contribution in [0.1, 0.15) is 6.42 Å². The van der Waals surface area contributed by atoms with Crippen molar-refractivity contribution in [3.8, 4) is 0 Å². The maximum absolute atomic E-state index is 9.97. The summed E-state index contributed by atoms with van der Waals surface area (Å²) in [6, 6.07) is -0.285. The molecule has 0 aliphatic carbocycles. The summed E-state index contributed by atoms with van der Waals surface area (Å²) in [7, 11) is 3.91. The summed E-state index contributed by atoms with van der Waals surface area (Å²) in [4.78, 5) is 12.0. The molecule has 0 fully saturated rings. The number of aldehydes is 1. The van der Waals surface area contributed by atoms with E-state index in [2.05, 4.69) is 0 Å². The lowest BCUT2D eigenvalue weighted by molar-refractivity contribution is -0.109. The lowest BCUT2D eigenvalue weighted by Crippen LogP contribution is -2.27. The summed E-state index contributed by atoms with van der Waals surface area (Å²) < 4.78 is 0. The Hall–Kier alpha value is -0.410. The molecule has 3 nitrogen and oxygen atoms in total. The average molecular weight is 130 g/mol. The van der Waals surface area contributed by atoms with Gasteiger partial charge < -0.3 is 15.4 Å². The fourth-order valence-corrected chi connectivity index (χ4v) is 0.475. The van der Waals surface area contributed by atoms with Crippen molar-refractivity contribution in [2.75, 3.05) is 20.6 Å². The lowest BCUT2D eigenvalue weighted by atomic mass is 10.2. The topological polar surface area (TPSA) is 46.3 Å². The number of hydrogen-bond donors (Lipinski definition) is 1. The SMILES string of the molecule is CN(C)CC[C@H](N)C=O. The molecule has 0 radical (unpaired) electrons. The molecule has 0 aromatic rings. The lowest BCUT2D eigenvalue weighted by Gasteiger charge is -2.09. The quantitative estimate of drug-likeness (QED) is 0.520. The van der Waals surface area contributed by atoms with Gasteiger partial charge in [0.25, 0.3) is 0 Å². The van der Waals surface area contributed by atoms with E-state index in [-0.39, 0.29) is 6.04 Å². The van der Waals surface area contributed by atoms with Crippen LogP contribution in [0.3, 0.4) is 0 Å². The van der Waals surface area contributed by atoms with Crippen LogP contribution in [-0.2, 0) is 4.79 Å². The second-order valence-corrected chi connectivity index (χ2v) is 2.39. The Kier molecular flexibility index (Phi) is 4.26. The van der Waals surface area contributed by atoms with E-state index in [1.165, 1.54) is 0 Å². The van der Waals surface area contributed by atoms with Gasteiger partial charge >= 0.3 is 0 Å². The molecule has 1 atom stereocenters. The summed E-state index contributed by atoms with van der Waals surface area (Å²) in [6.07, 6.45) is 1.53. The monoisotopic (exact) mass is 130 g/mol. The minimum absolute atomic E-state index is 0.285. The van der Waals surface area contributed by atoms with Crippen molar-refractivity contribution >= 4 is 6.29 Å². The Labute approximate surface area is 55.8 Å². The van der Waals surface area contributed by atoms with E-state index >= 15 is 0 Å². The van der Waals surface area contributed by atoms with Gasteiger partial charge in [-0.15, -0.1) is 0 Å². The van der Waals surface area contributed by atoms with Crippen LogP contribution >= 0.6 is 0 Å². The second-order valence-electron chi connectivity index (χ2n) is 2.39. The number of carbonyl (C=O) groups excluding carboxylic acids is 1. The molecule has 0 aromatic heterocycles. The van der Waals surface area contributed by atoms with Gasteiger partial charge in [-0.05, 0) is 27.1 Å². The molecule has 0 heterocycles. The van der Waals surface area contributed by atoms with E-state index in [0.717, 1.165) is 19.3 Å². The van der Waals surface area contributed by atoms with Gasteiger partial charge in [0.15, 0.2) is 0 Å². The molecule has 3 heteroatoms. The molecule has 0 saturated carbocycles. The van der Waals surface area contributed by atoms with Crippen LogP contribution in [0.5, 0.6) is 0 Å². The Morgan fingerprint density at radius 2 is 2.22 bits per heavy atom. The molecule has 2 N–H and O–H groups in total. The maximum Gasteiger partial charge on any atom is 0.136 e. The molecule has 0 aliphatic heterocycles. The molecule has 54 valence electrons. The summed E-state index contributed by atoms with van der Waals surface area (Å²) in [6.45, 7) is 0.875. The van der Waals surface area contributed by atoms with E-state index in [1.54, 1.807) is 0 Å². The third kappa shape index (κ3) is 5.46. The van der Waals surface area contributed by atoms with E-state index in [0.29, 0.717) is 0 Å². The zero-order valence-electron chi connectivity index (χ0n) is 6.00. The first-order chi connectivity index (χ1) is 4.16. The van der Waals surface area contributed by atoms with Crippen LogP contribution in [0.2, 0.25) is 0 Å². The minimum atomic E-state index is -0.285. The third-order valence-corrected chi connectivity index (χ3v) is 1.08. The number of rotatable bonds is 4. The van der Waals surface area contributed by atoms with E-state index in [1.807, 2.05) is 19.0 Å². The first-order valence-corrected chi connectivity index (χ1v) is 3.02. The van der Waals surface area contributed by atoms with Crippen LogP contribution < -0.4 is 5.73 Å². The predicted octanol–water partition coefficient (Wildman–Crippen LogP) is -0.536. The highest BCUT2D eigenvalue weighted by Gasteiger charge is 1.98. The Balaban J connectivity index is 3.16. The van der Waals surface area contributed by atoms with Gasteiger partial charge in [0.1, 0.15) is 6.29 Å². The molecule has 0 unspecified atom stereocenters. The normalized spacial score (nSPS) is 13.8. The highest BCUT2D eigenvalue weighted by Crippen LogP contribution is 1.84. The fraction of sp³-hybridized carbons (Fsp3) is 0.833. The van der Waals surface area contributed by atoms with Gasteiger partial charge in [-0.2, -0.15) is 0 Å². The molecule has 0 aliphatic rings. The molecular weight excluding hydrogens is 116 g/mol. The van der Waals surface area contributed by atoms with Gasteiger partial charge in [-0.3, -0.25) is 0 Å². The first-order valence-electron chi connectivity index (χ1n) is 3.02. The standard InChI is InChI=1S/C6H14N2O/c1-8(2)4-3-6(7)5-9/h5-6H,3-4,7H2,1-2H3/t6-/m0/s1. The number of nitrogens with zero attached hydrogens (tertiary/aromatic N) is 1. The van der Waals surface area contributed by atoms with E-state index in [9.17, 15) is 4.79 Å². The molecule has 0 bridgehead atoms. The van der Waals surface area contributed by atoms with Crippen LogP contribution in [0.4, 0.5) is 0 Å². The van der Waals surface area contributed by atoms with Crippen molar-refractivity contribution in [2.45, 2.75) is 12.5 Å². The third-order valence-electron chi connectivity index (χ3n) is 1.08. The molecule has 0 rings (SSSR count). The van der Waals surface area contributed by atoms with E-state index < -0.39 is 0 Å². The van der Waals surface area contributed by atoms with E-state index in [4.69, 9.17) is 5.73 Å². The Bertz CT molecular complexity index is 83.1. The van der Waals surface area contributed by atoms with Crippen LogP contribution in [-0.4, -0.2) is 37.9 Å². The number of carbonyl (C=O) groups is 1. The molecule has 0 amide bonds. The Morgan fingerprint density at radius 3 is 2.56 bits per heavy atom. The van der Waals surface area contributed by atoms with Gasteiger partial charge in [-0.25, -0.2) is 0 Å². The smallest absolute Gasteiger partial charge is 0.136 e. The summed E-state index contributed by atoms with van der Waals surface area (Å²) in [5.41, 5.74) is 5.33. The second kappa shape index (κ2) is 4.47. The fourth-order valence-electron chi connectivity index (χ4n) is 0.475. The van der Waals surface area contributed by atoms with Crippen LogP contribution in [0.25, 0.3) is 0 Å². The van der Waals surface area contributed by atoms with Crippen molar-refractivity contribution in [2.24, 2.45) is 5.73 Å². The minimum Gasteiger partial charge on any atom is -0.322 e. The summed E-state index contributed by atoms with van der Waals surface area (Å²) >= 11 is 0. The van der Waals surface area contributed by atoms with Gasteiger partial charge in [0.05, 0.1) is 6.04 Å². The van der Waals surface area contributed by atoms with Gasteiger partial charge in [0.2, 0.25) is 0 Å². The highest BCUT2D eigenvalue weighted by atomic mass is 16.1. The average Bonchev–Trinajstić information content (AvgIpc) is 1.83. The predicted molar refractivity (Wildman–Crippen MR) is 37.2 cm³/mol. The van der Waals surface area contributed by atoms with Crippen molar-refractivity contribution in [3.05, 3.63) is 0 Å². The highest BCUT2D eigenvalue weighted by molar-refractivity contribution is 5.56. The molecule has 0 spiro atoms. The van der Waals surface area contributed by atoms with Crippen LogP contribution in [0, 0.1) is 0 Å². The number of hydrogen-bond acceptors (Lipinski definition) is 3.